The summed E-state index contributed by atoms with van der Waals surface area (Å²) >= 11 is 0. The largest absolute Gasteiger partial charge is 0.493 e. The summed E-state index contributed by atoms with van der Waals surface area (Å²) in [5, 5.41) is 25.2. The van der Waals surface area contributed by atoms with E-state index in [1.807, 2.05) is 18.2 Å². The zero-order valence-electron chi connectivity index (χ0n) is 17.2. The van der Waals surface area contributed by atoms with Crippen molar-refractivity contribution >= 4 is 17.3 Å². The minimum atomic E-state index is -0.753. The number of benzene rings is 2. The summed E-state index contributed by atoms with van der Waals surface area (Å²) in [6.07, 6.45) is 3.48. The number of methoxy groups -OCH3 is 2. The van der Waals surface area contributed by atoms with Gasteiger partial charge in [0.2, 0.25) is 0 Å². The van der Waals surface area contributed by atoms with Crippen molar-refractivity contribution in [2.45, 2.75) is 37.6 Å². The number of carbonyl (C=O) groups is 1. The number of nitrogens with one attached hydrogen (secondary N) is 1. The number of rotatable bonds is 7. The fraction of sp³-hybridized carbons (Fsp3) is 0.381. The van der Waals surface area contributed by atoms with Crippen LogP contribution in [0.15, 0.2) is 36.4 Å². The molecule has 0 heterocycles. The Bertz CT molecular complexity index is 976. The lowest BCUT2D eigenvalue weighted by Gasteiger charge is -2.33. The van der Waals surface area contributed by atoms with Crippen molar-refractivity contribution < 1.29 is 24.1 Å². The van der Waals surface area contributed by atoms with Gasteiger partial charge in [0.1, 0.15) is 0 Å². The predicted molar refractivity (Wildman–Crippen MR) is 112 cm³/mol. The van der Waals surface area contributed by atoms with Gasteiger partial charge in [0.25, 0.3) is 17.3 Å². The number of nitro benzene ring substituents is 2. The molecular formula is C21H23N3O7. The van der Waals surface area contributed by atoms with E-state index in [1.165, 1.54) is 0 Å². The number of non-ortho nitro benzene ring substituents is 2. The SMILES string of the molecule is COc1ccc(C2CCCCC2NC(=O)c2cc([N+](=O)[O-])cc([N+](=O)[O-])c2)cc1OC. The standard InChI is InChI=1S/C21H23N3O7/c1-30-19-8-7-13(11-20(19)31-2)17-5-3-4-6-18(17)22-21(25)14-9-15(23(26)27)12-16(10-14)24(28)29/h7-12,17-18H,3-6H2,1-2H3,(H,22,25). The Morgan fingerprint density at radius 1 is 0.935 bits per heavy atom. The van der Waals surface area contributed by atoms with Crippen LogP contribution in [0.25, 0.3) is 0 Å². The molecule has 10 heteroatoms. The number of hydrogen-bond donors (Lipinski definition) is 1. The second-order valence-corrected chi connectivity index (χ2v) is 7.34. The Kier molecular flexibility index (Phi) is 6.68. The maximum absolute atomic E-state index is 12.9. The predicted octanol–water partition coefficient (Wildman–Crippen LogP) is 3.98. The van der Waals surface area contributed by atoms with Gasteiger partial charge in [-0.1, -0.05) is 18.9 Å². The highest BCUT2D eigenvalue weighted by Gasteiger charge is 2.30. The minimum absolute atomic E-state index is 0.00573. The molecule has 164 valence electrons. The van der Waals surface area contributed by atoms with Crippen LogP contribution in [0.5, 0.6) is 11.5 Å². The van der Waals surface area contributed by atoms with Crippen molar-refractivity contribution in [3.63, 3.8) is 0 Å². The zero-order chi connectivity index (χ0) is 22.5. The molecule has 1 fully saturated rings. The zero-order valence-corrected chi connectivity index (χ0v) is 17.2. The van der Waals surface area contributed by atoms with E-state index in [1.54, 1.807) is 14.2 Å². The van der Waals surface area contributed by atoms with Gasteiger partial charge in [-0.15, -0.1) is 0 Å². The molecule has 2 aromatic rings. The van der Waals surface area contributed by atoms with Crippen LogP contribution in [0.3, 0.4) is 0 Å². The number of nitrogens with zero attached hydrogens (tertiary/aromatic N) is 2. The summed E-state index contributed by atoms with van der Waals surface area (Å²) < 4.78 is 10.7. The van der Waals surface area contributed by atoms with Gasteiger partial charge in [-0.05, 0) is 30.5 Å². The molecule has 2 atom stereocenters. The monoisotopic (exact) mass is 429 g/mol. The van der Waals surface area contributed by atoms with Crippen molar-refractivity contribution in [1.82, 2.24) is 5.32 Å². The Hall–Kier alpha value is -3.69. The number of ether oxygens (including phenoxy) is 2. The molecule has 0 radical (unpaired) electrons. The molecule has 2 aromatic carbocycles. The van der Waals surface area contributed by atoms with Gasteiger partial charge < -0.3 is 14.8 Å². The first-order valence-corrected chi connectivity index (χ1v) is 9.80. The smallest absolute Gasteiger partial charge is 0.277 e. The Labute approximate surface area is 178 Å². The first kappa shape index (κ1) is 22.0. The molecular weight excluding hydrogens is 406 g/mol. The Morgan fingerprint density at radius 3 is 2.13 bits per heavy atom. The van der Waals surface area contributed by atoms with Gasteiger partial charge in [-0.2, -0.15) is 0 Å². The summed E-state index contributed by atoms with van der Waals surface area (Å²) in [5.74, 6) is 0.617. The third-order valence-electron chi connectivity index (χ3n) is 5.50. The van der Waals surface area contributed by atoms with E-state index in [2.05, 4.69) is 5.32 Å². The normalized spacial score (nSPS) is 18.1. The molecule has 0 aromatic heterocycles. The number of amides is 1. The number of carbonyl (C=O) groups excluding carboxylic acids is 1. The van der Waals surface area contributed by atoms with E-state index in [0.29, 0.717) is 11.5 Å². The molecule has 10 nitrogen and oxygen atoms in total. The van der Waals surface area contributed by atoms with Crippen LogP contribution in [-0.2, 0) is 0 Å². The van der Waals surface area contributed by atoms with Gasteiger partial charge in [0, 0.05) is 24.1 Å². The van der Waals surface area contributed by atoms with Gasteiger partial charge in [-0.25, -0.2) is 0 Å². The molecule has 0 bridgehead atoms. The lowest BCUT2D eigenvalue weighted by Crippen LogP contribution is -2.41. The lowest BCUT2D eigenvalue weighted by molar-refractivity contribution is -0.394. The van der Waals surface area contributed by atoms with Crippen LogP contribution in [0.4, 0.5) is 11.4 Å². The van der Waals surface area contributed by atoms with E-state index in [4.69, 9.17) is 9.47 Å². The van der Waals surface area contributed by atoms with Crippen molar-refractivity contribution in [2.24, 2.45) is 0 Å². The summed E-state index contributed by atoms with van der Waals surface area (Å²) in [6.45, 7) is 0. The molecule has 1 amide bonds. The van der Waals surface area contributed by atoms with Crippen LogP contribution in [0, 0.1) is 20.2 Å². The van der Waals surface area contributed by atoms with Crippen LogP contribution >= 0.6 is 0 Å². The van der Waals surface area contributed by atoms with Crippen LogP contribution in [0.1, 0.15) is 47.5 Å². The third-order valence-corrected chi connectivity index (χ3v) is 5.50. The lowest BCUT2D eigenvalue weighted by atomic mass is 9.79. The molecule has 1 N–H and O–H groups in total. The molecule has 3 rings (SSSR count). The molecule has 31 heavy (non-hydrogen) atoms. The molecule has 1 aliphatic carbocycles. The van der Waals surface area contributed by atoms with Crippen LogP contribution in [-0.4, -0.2) is 36.0 Å². The van der Waals surface area contributed by atoms with Gasteiger partial charge in [0.15, 0.2) is 11.5 Å². The molecule has 2 unspecified atom stereocenters. The molecule has 1 saturated carbocycles. The third kappa shape index (κ3) is 4.90. The van der Waals surface area contributed by atoms with Crippen molar-refractivity contribution in [3.05, 3.63) is 67.8 Å². The van der Waals surface area contributed by atoms with E-state index in [9.17, 15) is 25.0 Å². The molecule has 0 spiro atoms. The highest BCUT2D eigenvalue weighted by atomic mass is 16.6. The van der Waals surface area contributed by atoms with Gasteiger partial charge in [0.05, 0.1) is 35.7 Å². The second kappa shape index (κ2) is 9.41. The molecule has 0 saturated heterocycles. The minimum Gasteiger partial charge on any atom is -0.493 e. The summed E-state index contributed by atoms with van der Waals surface area (Å²) in [7, 11) is 3.11. The Morgan fingerprint density at radius 2 is 1.55 bits per heavy atom. The fourth-order valence-electron chi connectivity index (χ4n) is 3.97. The summed E-state index contributed by atoms with van der Waals surface area (Å²) in [4.78, 5) is 33.6. The highest BCUT2D eigenvalue weighted by molar-refractivity contribution is 5.95. The van der Waals surface area contributed by atoms with Crippen molar-refractivity contribution in [2.75, 3.05) is 14.2 Å². The number of nitro groups is 2. The quantitative estimate of drug-likeness (QED) is 0.520. The average Bonchev–Trinajstić information content (AvgIpc) is 2.78. The maximum atomic E-state index is 12.9. The van der Waals surface area contributed by atoms with Gasteiger partial charge in [-0.3, -0.25) is 25.0 Å². The van der Waals surface area contributed by atoms with Crippen LogP contribution in [0.2, 0.25) is 0 Å². The van der Waals surface area contributed by atoms with E-state index >= 15 is 0 Å². The van der Waals surface area contributed by atoms with Crippen molar-refractivity contribution in [1.29, 1.82) is 0 Å². The summed E-state index contributed by atoms with van der Waals surface area (Å²) in [5.41, 5.74) is -0.135. The van der Waals surface area contributed by atoms with Gasteiger partial charge >= 0.3 is 0 Å². The average molecular weight is 429 g/mol. The van der Waals surface area contributed by atoms with E-state index in [-0.39, 0.29) is 17.5 Å². The van der Waals surface area contributed by atoms with E-state index < -0.39 is 27.1 Å². The maximum Gasteiger partial charge on any atom is 0.277 e. The van der Waals surface area contributed by atoms with E-state index in [0.717, 1.165) is 49.4 Å². The topological polar surface area (TPSA) is 134 Å². The van der Waals surface area contributed by atoms with Crippen LogP contribution < -0.4 is 14.8 Å². The number of hydrogen-bond acceptors (Lipinski definition) is 7. The first-order valence-electron chi connectivity index (χ1n) is 9.80. The fourth-order valence-corrected chi connectivity index (χ4v) is 3.97. The van der Waals surface area contributed by atoms with Crippen molar-refractivity contribution in [3.8, 4) is 11.5 Å². The Balaban J connectivity index is 1.87. The molecule has 1 aliphatic rings. The summed E-state index contributed by atoms with van der Waals surface area (Å²) in [6, 6.07) is 8.33. The molecule has 0 aliphatic heterocycles. The first-order chi connectivity index (χ1) is 14.8. The second-order valence-electron chi connectivity index (χ2n) is 7.34. The highest BCUT2D eigenvalue weighted by Crippen LogP contribution is 2.37.